The van der Waals surface area contributed by atoms with Crippen LogP contribution >= 0.6 is 23.7 Å². The van der Waals surface area contributed by atoms with Crippen molar-refractivity contribution >= 4 is 34.8 Å². The van der Waals surface area contributed by atoms with Crippen molar-refractivity contribution in [3.63, 3.8) is 0 Å². The maximum absolute atomic E-state index is 11.8. The number of carbonyl (C=O) groups excluding carboxylic acids is 1. The van der Waals surface area contributed by atoms with E-state index in [-0.39, 0.29) is 24.4 Å². The number of aromatic nitrogens is 1. The van der Waals surface area contributed by atoms with Crippen molar-refractivity contribution in [1.29, 1.82) is 0 Å². The van der Waals surface area contributed by atoms with Gasteiger partial charge in [0.2, 0.25) is 5.91 Å². The largest absolute Gasteiger partial charge is 0.375 e. The molecule has 0 bridgehead atoms. The van der Waals surface area contributed by atoms with Gasteiger partial charge in [-0.25, -0.2) is 4.98 Å². The predicted molar refractivity (Wildman–Crippen MR) is 77.2 cm³/mol. The topological polar surface area (TPSA) is 63.2 Å². The van der Waals surface area contributed by atoms with Gasteiger partial charge < -0.3 is 15.4 Å². The SMILES string of the molecule is Cl.O=C(CC1CNCCO1)Nc1nc(C2CC2)cs1. The number of hydrogen-bond donors (Lipinski definition) is 2. The molecule has 0 aromatic carbocycles. The van der Waals surface area contributed by atoms with Crippen LogP contribution in [0.1, 0.15) is 30.9 Å². The second kappa shape index (κ2) is 6.65. The third-order valence-electron chi connectivity index (χ3n) is 3.18. The maximum atomic E-state index is 11.8. The quantitative estimate of drug-likeness (QED) is 0.890. The van der Waals surface area contributed by atoms with Crippen LogP contribution in [0.2, 0.25) is 0 Å². The Morgan fingerprint density at radius 3 is 3.11 bits per heavy atom. The van der Waals surface area contributed by atoms with Crippen molar-refractivity contribution in [2.45, 2.75) is 31.3 Å². The van der Waals surface area contributed by atoms with Gasteiger partial charge in [0.25, 0.3) is 0 Å². The lowest BCUT2D eigenvalue weighted by Gasteiger charge is -2.22. The first-order chi connectivity index (χ1) is 8.81. The van der Waals surface area contributed by atoms with Crippen LogP contribution in [0.4, 0.5) is 5.13 Å². The normalized spacial score (nSPS) is 22.6. The van der Waals surface area contributed by atoms with Gasteiger partial charge in [0.1, 0.15) is 0 Å². The van der Waals surface area contributed by atoms with Gasteiger partial charge in [0, 0.05) is 24.4 Å². The molecule has 2 N–H and O–H groups in total. The molecule has 106 valence electrons. The van der Waals surface area contributed by atoms with Gasteiger partial charge in [-0.1, -0.05) is 0 Å². The second-order valence-corrected chi connectivity index (χ2v) is 5.66. The number of nitrogens with one attached hydrogen (secondary N) is 2. The number of carbonyl (C=O) groups is 1. The fraction of sp³-hybridized carbons (Fsp3) is 0.667. The molecule has 7 heteroatoms. The minimum absolute atomic E-state index is 0. The summed E-state index contributed by atoms with van der Waals surface area (Å²) in [6.45, 7) is 2.30. The van der Waals surface area contributed by atoms with E-state index in [9.17, 15) is 4.79 Å². The maximum Gasteiger partial charge on any atom is 0.228 e. The van der Waals surface area contributed by atoms with E-state index >= 15 is 0 Å². The van der Waals surface area contributed by atoms with Crippen LogP contribution in [-0.2, 0) is 9.53 Å². The zero-order valence-electron chi connectivity index (χ0n) is 10.6. The molecular weight excluding hydrogens is 286 g/mol. The van der Waals surface area contributed by atoms with Crippen LogP contribution in [0.3, 0.4) is 0 Å². The smallest absolute Gasteiger partial charge is 0.228 e. The van der Waals surface area contributed by atoms with Crippen molar-refractivity contribution in [3.05, 3.63) is 11.1 Å². The van der Waals surface area contributed by atoms with Gasteiger partial charge in [-0.2, -0.15) is 0 Å². The zero-order valence-corrected chi connectivity index (χ0v) is 12.2. The molecule has 1 aromatic rings. The van der Waals surface area contributed by atoms with E-state index in [4.69, 9.17) is 4.74 Å². The molecule has 5 nitrogen and oxygen atoms in total. The summed E-state index contributed by atoms with van der Waals surface area (Å²) in [5.74, 6) is 0.623. The molecule has 2 heterocycles. The first kappa shape index (κ1) is 14.7. The number of amides is 1. The Labute approximate surface area is 122 Å². The summed E-state index contributed by atoms with van der Waals surface area (Å²) in [6.07, 6.45) is 2.85. The first-order valence-corrected chi connectivity index (χ1v) is 7.27. The van der Waals surface area contributed by atoms with Crippen molar-refractivity contribution in [3.8, 4) is 0 Å². The fourth-order valence-electron chi connectivity index (χ4n) is 2.04. The molecule has 0 spiro atoms. The highest BCUT2D eigenvalue weighted by atomic mass is 35.5. The Bertz CT molecular complexity index is 430. The minimum Gasteiger partial charge on any atom is -0.375 e. The molecule has 1 saturated carbocycles. The van der Waals surface area contributed by atoms with E-state index in [0.29, 0.717) is 24.1 Å². The summed E-state index contributed by atoms with van der Waals surface area (Å²) in [6, 6.07) is 0. The summed E-state index contributed by atoms with van der Waals surface area (Å²) < 4.78 is 5.50. The Balaban J connectivity index is 0.00000133. The predicted octanol–water partition coefficient (Wildman–Crippen LogP) is 1.76. The summed E-state index contributed by atoms with van der Waals surface area (Å²) >= 11 is 1.51. The van der Waals surface area contributed by atoms with Crippen LogP contribution in [0.25, 0.3) is 0 Å². The monoisotopic (exact) mass is 303 g/mol. The van der Waals surface area contributed by atoms with Gasteiger partial charge in [0.15, 0.2) is 5.13 Å². The van der Waals surface area contributed by atoms with E-state index in [1.807, 2.05) is 5.38 Å². The molecule has 1 atom stereocenters. The number of rotatable bonds is 4. The molecule has 3 rings (SSSR count). The molecule has 19 heavy (non-hydrogen) atoms. The standard InChI is InChI=1S/C12H17N3O2S.ClH/c16-11(5-9-6-13-3-4-17-9)15-12-14-10(7-18-12)8-1-2-8;/h7-9,13H,1-6H2,(H,14,15,16);1H. The number of anilines is 1. The van der Waals surface area contributed by atoms with E-state index in [1.54, 1.807) is 0 Å². The van der Waals surface area contributed by atoms with E-state index in [2.05, 4.69) is 15.6 Å². The number of nitrogens with zero attached hydrogens (tertiary/aromatic N) is 1. The molecule has 2 aliphatic rings. The lowest BCUT2D eigenvalue weighted by Crippen LogP contribution is -2.40. The fourth-order valence-corrected chi connectivity index (χ4v) is 2.85. The van der Waals surface area contributed by atoms with Crippen LogP contribution in [0.15, 0.2) is 5.38 Å². The molecule has 2 fully saturated rings. The Kier molecular flexibility index (Phi) is 5.15. The molecule has 0 radical (unpaired) electrons. The summed E-state index contributed by atoms with van der Waals surface area (Å²) in [4.78, 5) is 16.3. The first-order valence-electron chi connectivity index (χ1n) is 6.39. The van der Waals surface area contributed by atoms with Gasteiger partial charge in [-0.05, 0) is 12.8 Å². The second-order valence-electron chi connectivity index (χ2n) is 4.80. The number of morpholine rings is 1. The van der Waals surface area contributed by atoms with Gasteiger partial charge in [0.05, 0.1) is 24.8 Å². The van der Waals surface area contributed by atoms with Gasteiger partial charge in [-0.3, -0.25) is 4.79 Å². The molecule has 1 amide bonds. The van der Waals surface area contributed by atoms with Crippen molar-refractivity contribution in [2.24, 2.45) is 0 Å². The molecule has 1 saturated heterocycles. The number of thiazole rings is 1. The lowest BCUT2D eigenvalue weighted by molar-refractivity contribution is -0.119. The van der Waals surface area contributed by atoms with Crippen molar-refractivity contribution in [1.82, 2.24) is 10.3 Å². The van der Waals surface area contributed by atoms with Crippen molar-refractivity contribution in [2.75, 3.05) is 25.0 Å². The van der Waals surface area contributed by atoms with Crippen LogP contribution in [0, 0.1) is 0 Å². The third-order valence-corrected chi connectivity index (χ3v) is 3.96. The molecule has 1 aliphatic carbocycles. The number of ether oxygens (including phenoxy) is 1. The van der Waals surface area contributed by atoms with Gasteiger partial charge >= 0.3 is 0 Å². The average molecular weight is 304 g/mol. The molecule has 1 unspecified atom stereocenters. The molecular formula is C12H18ClN3O2S. The zero-order chi connectivity index (χ0) is 12.4. The van der Waals surface area contributed by atoms with Crippen molar-refractivity contribution < 1.29 is 9.53 Å². The lowest BCUT2D eigenvalue weighted by atomic mass is 10.2. The average Bonchev–Trinajstić information content (AvgIpc) is 3.12. The highest BCUT2D eigenvalue weighted by Crippen LogP contribution is 2.40. The highest BCUT2D eigenvalue weighted by Gasteiger charge is 2.26. The van der Waals surface area contributed by atoms with E-state index in [0.717, 1.165) is 18.8 Å². The summed E-state index contributed by atoms with van der Waals surface area (Å²) in [7, 11) is 0. The van der Waals surface area contributed by atoms with Crippen LogP contribution in [0.5, 0.6) is 0 Å². The Morgan fingerprint density at radius 1 is 1.58 bits per heavy atom. The number of hydrogen-bond acceptors (Lipinski definition) is 5. The van der Waals surface area contributed by atoms with Crippen LogP contribution < -0.4 is 10.6 Å². The third kappa shape index (κ3) is 4.14. The summed E-state index contributed by atoms with van der Waals surface area (Å²) in [5.41, 5.74) is 1.13. The number of halogens is 1. The van der Waals surface area contributed by atoms with E-state index in [1.165, 1.54) is 24.2 Å². The Hall–Kier alpha value is -0.690. The highest BCUT2D eigenvalue weighted by molar-refractivity contribution is 7.13. The van der Waals surface area contributed by atoms with Crippen LogP contribution in [-0.4, -0.2) is 36.7 Å². The van der Waals surface area contributed by atoms with Gasteiger partial charge in [-0.15, -0.1) is 23.7 Å². The summed E-state index contributed by atoms with van der Waals surface area (Å²) in [5, 5.41) is 8.83. The molecule has 1 aromatic heterocycles. The Morgan fingerprint density at radius 2 is 2.42 bits per heavy atom. The molecule has 1 aliphatic heterocycles. The minimum atomic E-state index is -0.0135. The van der Waals surface area contributed by atoms with E-state index < -0.39 is 0 Å².